The summed E-state index contributed by atoms with van der Waals surface area (Å²) in [6.07, 6.45) is -4.55. The zero-order chi connectivity index (χ0) is 16.5. The molecule has 0 fully saturated rings. The van der Waals surface area contributed by atoms with Crippen molar-refractivity contribution < 1.29 is 22.7 Å². The summed E-state index contributed by atoms with van der Waals surface area (Å²) in [5.41, 5.74) is -0.473. The van der Waals surface area contributed by atoms with E-state index in [1.54, 1.807) is 0 Å². The number of Topliss-reactive ketones (excluding diaryl/α,β-unsaturated/α-hetero) is 1. The first kappa shape index (κ1) is 16.6. The first-order valence-corrected chi connectivity index (χ1v) is 6.79. The molecule has 0 aromatic heterocycles. The molecule has 22 heavy (non-hydrogen) atoms. The molecule has 2 aromatic carbocycles. The zero-order valence-corrected chi connectivity index (χ0v) is 12.7. The van der Waals surface area contributed by atoms with Gasteiger partial charge in [0.1, 0.15) is 5.75 Å². The summed E-state index contributed by atoms with van der Waals surface area (Å²) in [6, 6.07) is 7.55. The van der Waals surface area contributed by atoms with Crippen LogP contribution in [0.25, 0.3) is 0 Å². The third-order valence-electron chi connectivity index (χ3n) is 2.81. The van der Waals surface area contributed by atoms with E-state index in [1.165, 1.54) is 31.2 Å². The van der Waals surface area contributed by atoms with E-state index >= 15 is 0 Å². The van der Waals surface area contributed by atoms with Gasteiger partial charge in [0.15, 0.2) is 11.5 Å². The molecule has 0 bridgehead atoms. The summed E-state index contributed by atoms with van der Waals surface area (Å²) >= 11 is 11.6. The number of hydrogen-bond donors (Lipinski definition) is 0. The van der Waals surface area contributed by atoms with Crippen molar-refractivity contribution in [2.45, 2.75) is 13.1 Å². The fraction of sp³-hybridized carbons (Fsp3) is 0.133. The van der Waals surface area contributed by atoms with Gasteiger partial charge in [-0.2, -0.15) is 13.2 Å². The summed E-state index contributed by atoms with van der Waals surface area (Å²) in [7, 11) is 0. The molecule has 0 aliphatic rings. The van der Waals surface area contributed by atoms with Crippen molar-refractivity contribution in [1.82, 2.24) is 0 Å². The number of rotatable bonds is 3. The maximum absolute atomic E-state index is 12.6. The Hall–Kier alpha value is -1.72. The number of alkyl halides is 3. The normalized spacial score (nSPS) is 11.4. The lowest BCUT2D eigenvalue weighted by Crippen LogP contribution is -2.05. The molecule has 0 saturated heterocycles. The highest BCUT2D eigenvalue weighted by Gasteiger charge is 2.32. The largest absolute Gasteiger partial charge is 0.454 e. The van der Waals surface area contributed by atoms with Gasteiger partial charge in [-0.15, -0.1) is 0 Å². The fourth-order valence-corrected chi connectivity index (χ4v) is 2.26. The predicted octanol–water partition coefficient (Wildman–Crippen LogP) is 6.01. The Kier molecular flexibility index (Phi) is 4.68. The fourth-order valence-electron chi connectivity index (χ4n) is 1.70. The molecule has 2 nitrogen and oxygen atoms in total. The molecular formula is C15H9Cl2F3O2. The maximum atomic E-state index is 12.6. The van der Waals surface area contributed by atoms with Gasteiger partial charge in [-0.25, -0.2) is 0 Å². The van der Waals surface area contributed by atoms with Crippen molar-refractivity contribution in [3.63, 3.8) is 0 Å². The van der Waals surface area contributed by atoms with E-state index in [4.69, 9.17) is 27.9 Å². The van der Waals surface area contributed by atoms with Crippen LogP contribution in [-0.2, 0) is 6.18 Å². The van der Waals surface area contributed by atoms with Crippen LogP contribution in [0.15, 0.2) is 36.4 Å². The molecule has 116 valence electrons. The van der Waals surface area contributed by atoms with Crippen molar-refractivity contribution in [2.24, 2.45) is 0 Å². The van der Waals surface area contributed by atoms with Crippen LogP contribution < -0.4 is 4.74 Å². The molecule has 0 spiro atoms. The molecule has 0 amide bonds. The third kappa shape index (κ3) is 3.72. The van der Waals surface area contributed by atoms with Crippen LogP contribution in [0.2, 0.25) is 10.0 Å². The Morgan fingerprint density at radius 2 is 1.55 bits per heavy atom. The van der Waals surface area contributed by atoms with Gasteiger partial charge in [0.05, 0.1) is 15.6 Å². The number of ether oxygens (including phenoxy) is 1. The van der Waals surface area contributed by atoms with Crippen LogP contribution in [0.4, 0.5) is 13.2 Å². The quantitative estimate of drug-likeness (QED) is 0.635. The van der Waals surface area contributed by atoms with Crippen molar-refractivity contribution >= 4 is 29.0 Å². The predicted molar refractivity (Wildman–Crippen MR) is 78.0 cm³/mol. The van der Waals surface area contributed by atoms with E-state index in [-0.39, 0.29) is 21.6 Å². The number of hydrogen-bond acceptors (Lipinski definition) is 2. The highest BCUT2D eigenvalue weighted by molar-refractivity contribution is 6.37. The van der Waals surface area contributed by atoms with E-state index in [2.05, 4.69) is 0 Å². The summed E-state index contributed by atoms with van der Waals surface area (Å²) in [6.45, 7) is 1.42. The van der Waals surface area contributed by atoms with Crippen LogP contribution in [-0.4, -0.2) is 5.78 Å². The van der Waals surface area contributed by atoms with E-state index < -0.39 is 11.7 Å². The average molecular weight is 349 g/mol. The molecule has 0 unspecified atom stereocenters. The first-order valence-electron chi connectivity index (χ1n) is 6.03. The Morgan fingerprint density at radius 3 is 1.95 bits per heavy atom. The van der Waals surface area contributed by atoms with E-state index in [9.17, 15) is 18.0 Å². The van der Waals surface area contributed by atoms with Crippen LogP contribution in [0.3, 0.4) is 0 Å². The second-order valence-electron chi connectivity index (χ2n) is 4.45. The van der Waals surface area contributed by atoms with Crippen LogP contribution in [0, 0.1) is 0 Å². The summed E-state index contributed by atoms with van der Waals surface area (Å²) in [5.74, 6) is 0.109. The minimum atomic E-state index is -4.55. The van der Waals surface area contributed by atoms with Crippen molar-refractivity contribution in [1.29, 1.82) is 0 Å². The molecule has 0 atom stereocenters. The van der Waals surface area contributed by atoms with Gasteiger partial charge >= 0.3 is 6.18 Å². The molecule has 0 N–H and O–H groups in total. The number of benzene rings is 2. The second kappa shape index (κ2) is 6.18. The van der Waals surface area contributed by atoms with Crippen LogP contribution in [0.5, 0.6) is 11.5 Å². The number of carbonyl (C=O) groups is 1. The van der Waals surface area contributed by atoms with Crippen LogP contribution in [0.1, 0.15) is 22.8 Å². The van der Waals surface area contributed by atoms with Crippen LogP contribution >= 0.6 is 23.2 Å². The molecule has 2 rings (SSSR count). The summed E-state index contributed by atoms with van der Waals surface area (Å²) in [4.78, 5) is 11.2. The number of carbonyl (C=O) groups excluding carboxylic acids is 1. The SMILES string of the molecule is CC(=O)c1ccc(Oc2c(Cl)cc(C(F)(F)F)cc2Cl)cc1. The monoisotopic (exact) mass is 348 g/mol. The standard InChI is InChI=1S/C15H9Cl2F3O2/c1-8(21)9-2-4-11(5-3-9)22-14-12(16)6-10(7-13(14)17)15(18,19)20/h2-7H,1H3. The number of ketones is 1. The summed E-state index contributed by atoms with van der Waals surface area (Å²) in [5, 5.41) is -0.508. The van der Waals surface area contributed by atoms with Crippen molar-refractivity contribution in [3.05, 3.63) is 57.6 Å². The second-order valence-corrected chi connectivity index (χ2v) is 5.26. The molecule has 7 heteroatoms. The Balaban J connectivity index is 2.32. The smallest absolute Gasteiger partial charge is 0.416 e. The van der Waals surface area contributed by atoms with E-state index in [0.717, 1.165) is 12.1 Å². The molecule has 0 aliphatic carbocycles. The highest BCUT2D eigenvalue weighted by Crippen LogP contribution is 2.41. The van der Waals surface area contributed by atoms with Gasteiger partial charge in [0.25, 0.3) is 0 Å². The van der Waals surface area contributed by atoms with Gasteiger partial charge in [-0.05, 0) is 43.3 Å². The zero-order valence-electron chi connectivity index (χ0n) is 11.2. The van der Waals surface area contributed by atoms with Gasteiger partial charge in [-0.1, -0.05) is 23.2 Å². The Labute approximate surface area is 134 Å². The van der Waals surface area contributed by atoms with Crippen molar-refractivity contribution in [3.8, 4) is 11.5 Å². The number of halogens is 5. The van der Waals surface area contributed by atoms with Gasteiger partial charge in [0, 0.05) is 5.56 Å². The lowest BCUT2D eigenvalue weighted by molar-refractivity contribution is -0.137. The lowest BCUT2D eigenvalue weighted by Gasteiger charge is -2.13. The topological polar surface area (TPSA) is 26.3 Å². The molecule has 0 radical (unpaired) electrons. The third-order valence-corrected chi connectivity index (χ3v) is 3.37. The van der Waals surface area contributed by atoms with Gasteiger partial charge in [0.2, 0.25) is 0 Å². The molecule has 0 saturated carbocycles. The van der Waals surface area contributed by atoms with E-state index in [1.807, 2.05) is 0 Å². The Morgan fingerprint density at radius 1 is 1.05 bits per heavy atom. The lowest BCUT2D eigenvalue weighted by atomic mass is 10.1. The van der Waals surface area contributed by atoms with Gasteiger partial charge in [-0.3, -0.25) is 4.79 Å². The molecule has 2 aromatic rings. The summed E-state index contributed by atoms with van der Waals surface area (Å²) < 4.78 is 43.3. The molecule has 0 heterocycles. The minimum Gasteiger partial charge on any atom is -0.454 e. The van der Waals surface area contributed by atoms with Gasteiger partial charge < -0.3 is 4.74 Å². The average Bonchev–Trinajstić information content (AvgIpc) is 2.42. The van der Waals surface area contributed by atoms with Crippen molar-refractivity contribution in [2.75, 3.05) is 0 Å². The molecular weight excluding hydrogens is 340 g/mol. The first-order chi connectivity index (χ1) is 10.2. The highest BCUT2D eigenvalue weighted by atomic mass is 35.5. The maximum Gasteiger partial charge on any atom is 0.416 e. The minimum absolute atomic E-state index is 0.0769. The van der Waals surface area contributed by atoms with E-state index in [0.29, 0.717) is 11.3 Å². The Bertz CT molecular complexity index is 687. The molecule has 0 aliphatic heterocycles.